The zero-order valence-electron chi connectivity index (χ0n) is 18.1. The largest absolute Gasteiger partial charge is 0.497 e. The van der Waals surface area contributed by atoms with E-state index in [9.17, 15) is 4.79 Å². The quantitative estimate of drug-likeness (QED) is 0.358. The summed E-state index contributed by atoms with van der Waals surface area (Å²) in [5.74, 6) is 1.26. The predicted molar refractivity (Wildman–Crippen MR) is 133 cm³/mol. The molecule has 0 aliphatic carbocycles. The molecular formula is C26H20N4O2S. The highest BCUT2D eigenvalue weighted by molar-refractivity contribution is 7.17. The fourth-order valence-electron chi connectivity index (χ4n) is 3.45. The van der Waals surface area contributed by atoms with Gasteiger partial charge in [0.2, 0.25) is 5.13 Å². The highest BCUT2D eigenvalue weighted by Gasteiger charge is 2.16. The third kappa shape index (κ3) is 4.18. The molecule has 0 fully saturated rings. The van der Waals surface area contributed by atoms with Crippen LogP contribution in [0.1, 0.15) is 17.0 Å². The molecule has 162 valence electrons. The summed E-state index contributed by atoms with van der Waals surface area (Å²) in [6.07, 6.45) is 3.78. The van der Waals surface area contributed by atoms with E-state index in [0.717, 1.165) is 16.9 Å². The van der Waals surface area contributed by atoms with Crippen molar-refractivity contribution in [3.05, 3.63) is 100 Å². The second kappa shape index (κ2) is 8.80. The molecule has 0 atom stereocenters. The molecule has 7 heteroatoms. The molecule has 0 N–H and O–H groups in total. The Morgan fingerprint density at radius 2 is 1.67 bits per heavy atom. The normalized spacial score (nSPS) is 11.3. The van der Waals surface area contributed by atoms with Crippen LogP contribution in [0.25, 0.3) is 38.8 Å². The Hall–Kier alpha value is -4.10. The van der Waals surface area contributed by atoms with Crippen LogP contribution in [0, 0.1) is 6.92 Å². The molecule has 0 radical (unpaired) electrons. The number of hydrogen-bond donors (Lipinski definition) is 0. The number of nitrogens with zero attached hydrogens (tertiary/aromatic N) is 4. The Labute approximate surface area is 194 Å². The molecular weight excluding hydrogens is 432 g/mol. The van der Waals surface area contributed by atoms with E-state index < -0.39 is 0 Å². The summed E-state index contributed by atoms with van der Waals surface area (Å²) in [6.45, 7) is 2.05. The highest BCUT2D eigenvalue weighted by Crippen LogP contribution is 2.27. The Morgan fingerprint density at radius 3 is 2.42 bits per heavy atom. The van der Waals surface area contributed by atoms with Gasteiger partial charge >= 0.3 is 0 Å². The van der Waals surface area contributed by atoms with Gasteiger partial charge in [0.1, 0.15) is 16.6 Å². The van der Waals surface area contributed by atoms with Gasteiger partial charge in [-0.15, -0.1) is 10.2 Å². The molecule has 0 spiro atoms. The molecule has 5 rings (SSSR count). The summed E-state index contributed by atoms with van der Waals surface area (Å²) in [4.78, 5) is 18.2. The minimum Gasteiger partial charge on any atom is -0.497 e. The van der Waals surface area contributed by atoms with Crippen molar-refractivity contribution in [3.63, 3.8) is 0 Å². The van der Waals surface area contributed by atoms with Gasteiger partial charge in [0, 0.05) is 5.56 Å². The van der Waals surface area contributed by atoms with Crippen LogP contribution in [0.2, 0.25) is 0 Å². The predicted octanol–water partition coefficient (Wildman–Crippen LogP) is 5.39. The smallest absolute Gasteiger partial charge is 0.268 e. The van der Waals surface area contributed by atoms with Crippen molar-refractivity contribution in [1.82, 2.24) is 19.7 Å². The van der Waals surface area contributed by atoms with Gasteiger partial charge in [-0.05, 0) is 55.0 Å². The molecule has 3 aromatic carbocycles. The highest BCUT2D eigenvalue weighted by atomic mass is 32.1. The lowest BCUT2D eigenvalue weighted by Crippen LogP contribution is -2.22. The number of benzene rings is 3. The van der Waals surface area contributed by atoms with Crippen molar-refractivity contribution in [1.29, 1.82) is 0 Å². The van der Waals surface area contributed by atoms with Gasteiger partial charge < -0.3 is 4.74 Å². The molecule has 2 heterocycles. The summed E-state index contributed by atoms with van der Waals surface area (Å²) >= 11 is 1.34. The molecule has 0 aliphatic heterocycles. The minimum absolute atomic E-state index is 0.179. The van der Waals surface area contributed by atoms with Crippen LogP contribution in [0.4, 0.5) is 0 Å². The van der Waals surface area contributed by atoms with Crippen LogP contribution < -0.4 is 10.3 Å². The van der Waals surface area contributed by atoms with Crippen LogP contribution in [-0.4, -0.2) is 26.9 Å². The standard InChI is InChI=1S/C26H20N4O2S/c1-17-7-9-18(10-8-17)11-16-23-27-22-6-4-3-5-21(22)25(31)30(23)26-29-28-24(33-26)19-12-14-20(32-2)15-13-19/h3-16H,1-2H3/b16-11+. The Kier molecular flexibility index (Phi) is 5.54. The van der Waals surface area contributed by atoms with E-state index in [1.807, 2.05) is 85.8 Å². The molecule has 6 nitrogen and oxygen atoms in total. The van der Waals surface area contributed by atoms with Crippen molar-refractivity contribution in [2.75, 3.05) is 7.11 Å². The van der Waals surface area contributed by atoms with E-state index in [1.165, 1.54) is 21.5 Å². The van der Waals surface area contributed by atoms with Gasteiger partial charge in [-0.1, -0.05) is 59.4 Å². The van der Waals surface area contributed by atoms with E-state index in [0.29, 0.717) is 26.9 Å². The fraction of sp³-hybridized carbons (Fsp3) is 0.0769. The molecule has 0 unspecified atom stereocenters. The zero-order valence-corrected chi connectivity index (χ0v) is 18.9. The molecule has 0 aliphatic rings. The van der Waals surface area contributed by atoms with Gasteiger partial charge in [-0.2, -0.15) is 0 Å². The van der Waals surface area contributed by atoms with Crippen molar-refractivity contribution in [3.8, 4) is 21.5 Å². The summed E-state index contributed by atoms with van der Waals surface area (Å²) in [5.41, 5.74) is 3.57. The third-order valence-electron chi connectivity index (χ3n) is 5.25. The lowest BCUT2D eigenvalue weighted by atomic mass is 10.1. The number of hydrogen-bond acceptors (Lipinski definition) is 6. The van der Waals surface area contributed by atoms with Crippen LogP contribution in [-0.2, 0) is 0 Å². The average molecular weight is 453 g/mol. The molecule has 0 saturated heterocycles. The van der Waals surface area contributed by atoms with E-state index >= 15 is 0 Å². The van der Waals surface area contributed by atoms with Crippen molar-refractivity contribution in [2.24, 2.45) is 0 Å². The molecule has 0 bridgehead atoms. The third-order valence-corrected chi connectivity index (χ3v) is 6.20. The number of fused-ring (bicyclic) bond motifs is 1. The van der Waals surface area contributed by atoms with Crippen LogP contribution in [0.3, 0.4) is 0 Å². The molecule has 0 saturated carbocycles. The number of para-hydroxylation sites is 1. The summed E-state index contributed by atoms with van der Waals surface area (Å²) < 4.78 is 6.75. The van der Waals surface area contributed by atoms with E-state index in [4.69, 9.17) is 9.72 Å². The van der Waals surface area contributed by atoms with Gasteiger partial charge in [0.25, 0.3) is 5.56 Å². The molecule has 0 amide bonds. The van der Waals surface area contributed by atoms with Crippen LogP contribution in [0.5, 0.6) is 5.75 Å². The van der Waals surface area contributed by atoms with Crippen LogP contribution in [0.15, 0.2) is 77.6 Å². The first kappa shape index (κ1) is 20.8. The van der Waals surface area contributed by atoms with Gasteiger partial charge in [0.05, 0.1) is 18.0 Å². The Balaban J connectivity index is 1.62. The summed E-state index contributed by atoms with van der Waals surface area (Å²) in [5, 5.41) is 10.4. The number of rotatable bonds is 5. The maximum atomic E-state index is 13.4. The van der Waals surface area contributed by atoms with E-state index in [1.54, 1.807) is 13.2 Å². The van der Waals surface area contributed by atoms with Crippen molar-refractivity contribution in [2.45, 2.75) is 6.92 Å². The summed E-state index contributed by atoms with van der Waals surface area (Å²) in [7, 11) is 1.63. The Morgan fingerprint density at radius 1 is 0.909 bits per heavy atom. The van der Waals surface area contributed by atoms with E-state index in [2.05, 4.69) is 10.2 Å². The van der Waals surface area contributed by atoms with Crippen molar-refractivity contribution < 1.29 is 4.74 Å². The minimum atomic E-state index is -0.179. The van der Waals surface area contributed by atoms with Gasteiger partial charge in [-0.3, -0.25) is 4.79 Å². The monoisotopic (exact) mass is 452 g/mol. The number of aromatic nitrogens is 4. The molecule has 2 aromatic heterocycles. The zero-order chi connectivity index (χ0) is 22.8. The number of ether oxygens (including phenoxy) is 1. The fourth-order valence-corrected chi connectivity index (χ4v) is 4.31. The number of methoxy groups -OCH3 is 1. The topological polar surface area (TPSA) is 69.9 Å². The SMILES string of the molecule is COc1ccc(-c2nnc(-n3c(/C=C/c4ccc(C)cc4)nc4ccccc4c3=O)s2)cc1. The first-order chi connectivity index (χ1) is 16.1. The second-order valence-electron chi connectivity index (χ2n) is 7.49. The lowest BCUT2D eigenvalue weighted by Gasteiger charge is -2.08. The van der Waals surface area contributed by atoms with E-state index in [-0.39, 0.29) is 5.56 Å². The second-order valence-corrected chi connectivity index (χ2v) is 8.45. The molecule has 33 heavy (non-hydrogen) atoms. The maximum Gasteiger partial charge on any atom is 0.268 e. The van der Waals surface area contributed by atoms with Crippen molar-refractivity contribution >= 4 is 34.4 Å². The maximum absolute atomic E-state index is 13.4. The lowest BCUT2D eigenvalue weighted by molar-refractivity contribution is 0.415. The van der Waals surface area contributed by atoms with Crippen LogP contribution >= 0.6 is 11.3 Å². The first-order valence-electron chi connectivity index (χ1n) is 10.4. The summed E-state index contributed by atoms with van der Waals surface area (Å²) in [6, 6.07) is 23.1. The number of aryl methyl sites for hydroxylation is 1. The first-order valence-corrected chi connectivity index (χ1v) is 11.2. The average Bonchev–Trinajstić information content (AvgIpc) is 3.33. The van der Waals surface area contributed by atoms with Gasteiger partial charge in [0.15, 0.2) is 0 Å². The Bertz CT molecular complexity index is 1520. The molecule has 5 aromatic rings. The van der Waals surface area contributed by atoms with Gasteiger partial charge in [-0.25, -0.2) is 9.55 Å².